The average Bonchev–Trinajstić information content (AvgIpc) is 3.43. The van der Waals surface area contributed by atoms with E-state index in [1.165, 1.54) is 0 Å². The number of aromatic nitrogens is 1. The normalized spacial score (nSPS) is 15.9. The first-order chi connectivity index (χ1) is 17.6. The van der Waals surface area contributed by atoms with E-state index in [2.05, 4.69) is 22.4 Å². The molecule has 1 aliphatic rings. The molecule has 6 heteroatoms. The summed E-state index contributed by atoms with van der Waals surface area (Å²) >= 11 is 1.59. The van der Waals surface area contributed by atoms with Crippen LogP contribution in [0.2, 0.25) is 0 Å². The monoisotopic (exact) mass is 494 g/mol. The largest absolute Gasteiger partial charge is 0.497 e. The van der Waals surface area contributed by atoms with Crippen molar-refractivity contribution in [3.63, 3.8) is 0 Å². The van der Waals surface area contributed by atoms with Gasteiger partial charge in [-0.3, -0.25) is 4.79 Å². The minimum atomic E-state index is 0.0534. The number of thiazole rings is 1. The van der Waals surface area contributed by atoms with E-state index in [0.29, 0.717) is 13.1 Å². The Morgan fingerprint density at radius 2 is 1.31 bits per heavy atom. The Morgan fingerprint density at radius 1 is 0.778 bits per heavy atom. The lowest BCUT2D eigenvalue weighted by atomic mass is 9.94. The molecule has 1 saturated heterocycles. The Balaban J connectivity index is 1.50. The Kier molecular flexibility index (Phi) is 6.96. The molecule has 2 heterocycles. The molecule has 0 bridgehead atoms. The summed E-state index contributed by atoms with van der Waals surface area (Å²) in [5.74, 6) is 1.62. The number of ether oxygens (including phenoxy) is 2. The highest BCUT2D eigenvalue weighted by Gasteiger charge is 2.28. The third kappa shape index (κ3) is 5.24. The highest BCUT2D eigenvalue weighted by molar-refractivity contribution is 7.14. The van der Waals surface area contributed by atoms with Gasteiger partial charge in [-0.1, -0.05) is 54.6 Å². The zero-order valence-corrected chi connectivity index (χ0v) is 21.0. The van der Waals surface area contributed by atoms with Crippen LogP contribution in [0.5, 0.6) is 11.5 Å². The summed E-state index contributed by atoms with van der Waals surface area (Å²) in [5, 5.41) is 2.96. The van der Waals surface area contributed by atoms with E-state index in [1.807, 2.05) is 78.9 Å². The number of Topliss-reactive ketones (excluding diaryl/α,β-unsaturated/α-hetero) is 1. The molecule has 0 saturated carbocycles. The van der Waals surface area contributed by atoms with Crippen LogP contribution in [0.3, 0.4) is 0 Å². The third-order valence-corrected chi connectivity index (χ3v) is 6.95. The maximum absolute atomic E-state index is 13.6. The van der Waals surface area contributed by atoms with Gasteiger partial charge in [-0.15, -0.1) is 11.3 Å². The topological polar surface area (TPSA) is 51.7 Å². The van der Waals surface area contributed by atoms with Gasteiger partial charge in [0.2, 0.25) is 0 Å². The number of nitrogens with zero attached hydrogens (tertiary/aromatic N) is 2. The number of carbonyl (C=O) groups is 1. The summed E-state index contributed by atoms with van der Waals surface area (Å²) in [5.41, 5.74) is 5.37. The summed E-state index contributed by atoms with van der Waals surface area (Å²) < 4.78 is 10.5. The van der Waals surface area contributed by atoms with Crippen molar-refractivity contribution in [1.82, 2.24) is 4.98 Å². The van der Waals surface area contributed by atoms with Crippen LogP contribution in [-0.2, 0) is 4.79 Å². The van der Waals surface area contributed by atoms with Crippen molar-refractivity contribution in [3.8, 4) is 22.8 Å². The minimum absolute atomic E-state index is 0.0534. The smallest absolute Gasteiger partial charge is 0.188 e. The van der Waals surface area contributed by atoms with Crippen molar-refractivity contribution < 1.29 is 14.3 Å². The first kappa shape index (κ1) is 23.6. The lowest BCUT2D eigenvalue weighted by Crippen LogP contribution is -2.37. The van der Waals surface area contributed by atoms with E-state index in [-0.39, 0.29) is 5.78 Å². The molecular formula is C30H26N2O3S. The number of anilines is 1. The fourth-order valence-corrected chi connectivity index (χ4v) is 4.96. The van der Waals surface area contributed by atoms with Gasteiger partial charge < -0.3 is 14.4 Å². The van der Waals surface area contributed by atoms with Gasteiger partial charge in [-0.25, -0.2) is 4.98 Å². The summed E-state index contributed by atoms with van der Waals surface area (Å²) in [6.07, 6.45) is 3.92. The van der Waals surface area contributed by atoms with Crippen LogP contribution in [0, 0.1) is 0 Å². The van der Waals surface area contributed by atoms with Crippen LogP contribution in [0.4, 0.5) is 5.13 Å². The first-order valence-electron chi connectivity index (χ1n) is 11.6. The van der Waals surface area contributed by atoms with E-state index >= 15 is 0 Å². The molecule has 0 atom stereocenters. The van der Waals surface area contributed by atoms with Gasteiger partial charge in [0.25, 0.3) is 0 Å². The number of piperidine rings is 1. The van der Waals surface area contributed by atoms with Gasteiger partial charge in [0.05, 0.1) is 19.9 Å². The molecule has 0 unspecified atom stereocenters. The van der Waals surface area contributed by atoms with E-state index < -0.39 is 0 Å². The fourth-order valence-electron chi connectivity index (χ4n) is 4.13. The molecule has 4 aromatic rings. The Bertz CT molecular complexity index is 1340. The summed E-state index contributed by atoms with van der Waals surface area (Å²) in [6.45, 7) is 0.985. The maximum Gasteiger partial charge on any atom is 0.188 e. The molecule has 5 nitrogen and oxygen atoms in total. The van der Waals surface area contributed by atoms with Crippen LogP contribution in [0.25, 0.3) is 23.4 Å². The molecule has 180 valence electrons. The Hall–Kier alpha value is -4.16. The molecule has 0 amide bonds. The van der Waals surface area contributed by atoms with Crippen molar-refractivity contribution >= 4 is 34.4 Å². The predicted molar refractivity (Wildman–Crippen MR) is 147 cm³/mol. The molecule has 0 aliphatic carbocycles. The van der Waals surface area contributed by atoms with Crippen molar-refractivity contribution in [2.24, 2.45) is 0 Å². The van der Waals surface area contributed by atoms with Gasteiger partial charge >= 0.3 is 0 Å². The Morgan fingerprint density at radius 3 is 1.81 bits per heavy atom. The molecule has 0 radical (unpaired) electrons. The van der Waals surface area contributed by atoms with Gasteiger partial charge in [0.15, 0.2) is 10.9 Å². The lowest BCUT2D eigenvalue weighted by molar-refractivity contribution is -0.112. The van der Waals surface area contributed by atoms with Crippen LogP contribution in [-0.4, -0.2) is 38.1 Å². The number of rotatable bonds is 6. The van der Waals surface area contributed by atoms with Crippen LogP contribution in [0.1, 0.15) is 11.1 Å². The molecule has 1 aromatic heterocycles. The maximum atomic E-state index is 13.6. The highest BCUT2D eigenvalue weighted by Crippen LogP contribution is 2.32. The van der Waals surface area contributed by atoms with Crippen LogP contribution < -0.4 is 14.4 Å². The number of hydrogen-bond acceptors (Lipinski definition) is 6. The van der Waals surface area contributed by atoms with E-state index in [9.17, 15) is 4.79 Å². The van der Waals surface area contributed by atoms with Crippen LogP contribution in [0.15, 0.2) is 95.4 Å². The molecular weight excluding hydrogens is 468 g/mol. The summed E-state index contributed by atoms with van der Waals surface area (Å²) in [6, 6.07) is 25.6. The molecule has 36 heavy (non-hydrogen) atoms. The van der Waals surface area contributed by atoms with Gasteiger partial charge in [-0.05, 0) is 47.5 Å². The fraction of sp³-hybridized carbons (Fsp3) is 0.133. The molecule has 3 aromatic carbocycles. The summed E-state index contributed by atoms with van der Waals surface area (Å²) in [7, 11) is 3.29. The number of carbonyl (C=O) groups excluding carboxylic acids is 1. The first-order valence-corrected chi connectivity index (χ1v) is 12.5. The highest BCUT2D eigenvalue weighted by atomic mass is 32.1. The SMILES string of the molecule is COc1ccc(/C=C2\CN(c3nc(-c4ccccc4)cs3)C/C(=C\c3ccc(OC)cc3)C2=O)cc1. The lowest BCUT2D eigenvalue weighted by Gasteiger charge is -2.29. The van der Waals surface area contributed by atoms with Crippen molar-refractivity contribution in [1.29, 1.82) is 0 Å². The number of methoxy groups -OCH3 is 2. The van der Waals surface area contributed by atoms with E-state index in [0.717, 1.165) is 50.2 Å². The van der Waals surface area contributed by atoms with Crippen molar-refractivity contribution in [3.05, 3.63) is 107 Å². The Labute approximate surface area is 215 Å². The standard InChI is InChI=1S/C30H26N2O3S/c1-34-26-12-8-21(9-13-26)16-24-18-32(30-31-28(20-36-30)23-6-4-3-5-7-23)19-25(29(24)33)17-22-10-14-27(35-2)15-11-22/h3-17,20H,18-19H2,1-2H3/b24-16+,25-17+. The zero-order chi connectivity index (χ0) is 24.9. The van der Waals surface area contributed by atoms with Gasteiger partial charge in [-0.2, -0.15) is 0 Å². The van der Waals surface area contributed by atoms with Crippen LogP contribution >= 0.6 is 11.3 Å². The second-order valence-corrected chi connectivity index (χ2v) is 9.29. The molecule has 1 fully saturated rings. The average molecular weight is 495 g/mol. The number of ketones is 1. The zero-order valence-electron chi connectivity index (χ0n) is 20.2. The quantitative estimate of drug-likeness (QED) is 0.291. The minimum Gasteiger partial charge on any atom is -0.497 e. The van der Waals surface area contributed by atoms with Gasteiger partial charge in [0.1, 0.15) is 11.5 Å². The second kappa shape index (κ2) is 10.6. The number of hydrogen-bond donors (Lipinski definition) is 0. The molecule has 0 spiro atoms. The molecule has 5 rings (SSSR count). The van der Waals surface area contributed by atoms with E-state index in [1.54, 1.807) is 25.6 Å². The third-order valence-electron chi connectivity index (χ3n) is 6.05. The second-order valence-electron chi connectivity index (χ2n) is 8.45. The van der Waals surface area contributed by atoms with Crippen molar-refractivity contribution in [2.45, 2.75) is 0 Å². The predicted octanol–water partition coefficient (Wildman–Crippen LogP) is 6.38. The molecule has 1 aliphatic heterocycles. The molecule has 0 N–H and O–H groups in total. The number of benzene rings is 3. The summed E-state index contributed by atoms with van der Waals surface area (Å²) in [4.78, 5) is 20.6. The van der Waals surface area contributed by atoms with Gasteiger partial charge in [0, 0.05) is 35.2 Å². The van der Waals surface area contributed by atoms with E-state index in [4.69, 9.17) is 14.5 Å². The van der Waals surface area contributed by atoms with Crippen molar-refractivity contribution in [2.75, 3.05) is 32.2 Å².